The van der Waals surface area contributed by atoms with E-state index in [1.54, 1.807) is 6.08 Å². The Balaban J connectivity index is 2.27. The molecule has 108 valence electrons. The van der Waals surface area contributed by atoms with Gasteiger partial charge in [0.2, 0.25) is 0 Å². The van der Waals surface area contributed by atoms with Crippen LogP contribution < -0.4 is 4.90 Å². The van der Waals surface area contributed by atoms with Crippen LogP contribution in [0.3, 0.4) is 0 Å². The second-order valence-corrected chi connectivity index (χ2v) is 5.89. The number of carbonyl (C=O) groups is 1. The van der Waals surface area contributed by atoms with Gasteiger partial charge >= 0.3 is 5.97 Å². The van der Waals surface area contributed by atoms with Crippen molar-refractivity contribution in [2.45, 2.75) is 19.4 Å². The minimum atomic E-state index is -0.918. The van der Waals surface area contributed by atoms with Crippen LogP contribution in [0, 0.1) is 0 Å². The Hall–Kier alpha value is -1.81. The van der Waals surface area contributed by atoms with Crippen molar-refractivity contribution >= 4 is 17.7 Å². The fourth-order valence-electron chi connectivity index (χ4n) is 2.52. The number of aliphatic carboxylic acids is 1. The summed E-state index contributed by atoms with van der Waals surface area (Å²) in [5.41, 5.74) is 2.17. The summed E-state index contributed by atoms with van der Waals surface area (Å²) in [6.45, 7) is 7.35. The first-order valence-electron chi connectivity index (χ1n) is 6.86. The molecular formula is C16H22N2O2. The first kappa shape index (κ1) is 14.6. The molecule has 1 aromatic rings. The van der Waals surface area contributed by atoms with Crippen molar-refractivity contribution in [3.63, 3.8) is 0 Å². The maximum atomic E-state index is 10.7. The van der Waals surface area contributed by atoms with Crippen LogP contribution in [0.1, 0.15) is 19.4 Å². The molecule has 4 heteroatoms. The Morgan fingerprint density at radius 2 is 2.00 bits per heavy atom. The number of piperazine rings is 1. The lowest BCUT2D eigenvalue weighted by molar-refractivity contribution is -0.131. The number of nitrogens with zero attached hydrogens (tertiary/aromatic N) is 2. The summed E-state index contributed by atoms with van der Waals surface area (Å²) in [4.78, 5) is 15.4. The Kier molecular flexibility index (Phi) is 4.14. The summed E-state index contributed by atoms with van der Waals surface area (Å²) in [5.74, 6) is -0.918. The second kappa shape index (κ2) is 5.67. The molecule has 1 aliphatic heterocycles. The molecule has 0 amide bonds. The molecule has 0 bridgehead atoms. The summed E-state index contributed by atoms with van der Waals surface area (Å²) >= 11 is 0. The number of carboxylic acid groups (broad SMARTS) is 1. The van der Waals surface area contributed by atoms with Crippen LogP contribution >= 0.6 is 0 Å². The van der Waals surface area contributed by atoms with E-state index in [1.165, 1.54) is 6.08 Å². The molecule has 0 radical (unpaired) electrons. The van der Waals surface area contributed by atoms with Gasteiger partial charge in [0.25, 0.3) is 0 Å². The Morgan fingerprint density at radius 3 is 2.65 bits per heavy atom. The topological polar surface area (TPSA) is 43.8 Å². The molecule has 0 spiro atoms. The largest absolute Gasteiger partial charge is 0.478 e. The van der Waals surface area contributed by atoms with Gasteiger partial charge in [0.15, 0.2) is 0 Å². The smallest absolute Gasteiger partial charge is 0.328 e. The Morgan fingerprint density at radius 1 is 1.30 bits per heavy atom. The predicted octanol–water partition coefficient (Wildman–Crippen LogP) is 2.31. The Labute approximate surface area is 120 Å². The molecule has 1 fully saturated rings. The van der Waals surface area contributed by atoms with Crippen LogP contribution in [0.4, 0.5) is 5.69 Å². The van der Waals surface area contributed by atoms with E-state index >= 15 is 0 Å². The van der Waals surface area contributed by atoms with Crippen LogP contribution in [0.5, 0.6) is 0 Å². The van der Waals surface area contributed by atoms with Gasteiger partial charge in [-0.05, 0) is 38.6 Å². The third-order valence-electron chi connectivity index (χ3n) is 4.00. The molecule has 0 unspecified atom stereocenters. The zero-order valence-electron chi connectivity index (χ0n) is 12.3. The Bertz CT molecular complexity index is 523. The third-order valence-corrected chi connectivity index (χ3v) is 4.00. The fraction of sp³-hybridized carbons (Fsp3) is 0.438. The predicted molar refractivity (Wildman–Crippen MR) is 82.0 cm³/mol. The normalized spacial score (nSPS) is 19.4. The number of hydrogen-bond donors (Lipinski definition) is 1. The number of carboxylic acids is 1. The van der Waals surface area contributed by atoms with Gasteiger partial charge in [-0.15, -0.1) is 0 Å². The molecule has 1 N–H and O–H groups in total. The number of para-hydroxylation sites is 1. The molecule has 0 aliphatic carbocycles. The minimum absolute atomic E-state index is 0.113. The van der Waals surface area contributed by atoms with E-state index in [9.17, 15) is 4.79 Å². The molecule has 0 aromatic heterocycles. The molecule has 1 aliphatic rings. The summed E-state index contributed by atoms with van der Waals surface area (Å²) in [6.07, 6.45) is 2.86. The van der Waals surface area contributed by atoms with Crippen LogP contribution in [-0.2, 0) is 4.79 Å². The zero-order valence-corrected chi connectivity index (χ0v) is 12.3. The monoisotopic (exact) mass is 274 g/mol. The molecule has 0 saturated carbocycles. The van der Waals surface area contributed by atoms with Crippen molar-refractivity contribution in [3.05, 3.63) is 35.9 Å². The average molecular weight is 274 g/mol. The van der Waals surface area contributed by atoms with Crippen molar-refractivity contribution in [2.24, 2.45) is 0 Å². The van der Waals surface area contributed by atoms with Gasteiger partial charge < -0.3 is 10.0 Å². The van der Waals surface area contributed by atoms with Gasteiger partial charge in [-0.2, -0.15) is 0 Å². The SMILES string of the molecule is CN1CCN(c2ccccc2C=CC(=O)O)CC1(C)C. The van der Waals surface area contributed by atoms with E-state index in [0.29, 0.717) is 0 Å². The van der Waals surface area contributed by atoms with Crippen molar-refractivity contribution in [1.82, 2.24) is 4.90 Å². The maximum Gasteiger partial charge on any atom is 0.328 e. The van der Waals surface area contributed by atoms with Crippen molar-refractivity contribution in [1.29, 1.82) is 0 Å². The lowest BCUT2D eigenvalue weighted by Gasteiger charge is -2.46. The lowest BCUT2D eigenvalue weighted by atomic mass is 9.98. The van der Waals surface area contributed by atoms with Crippen LogP contribution in [-0.4, -0.2) is 48.2 Å². The van der Waals surface area contributed by atoms with Gasteiger partial charge in [0.05, 0.1) is 0 Å². The highest BCUT2D eigenvalue weighted by Gasteiger charge is 2.31. The quantitative estimate of drug-likeness (QED) is 0.859. The molecule has 1 aromatic carbocycles. The van der Waals surface area contributed by atoms with Gasteiger partial charge in [-0.1, -0.05) is 18.2 Å². The number of hydrogen-bond acceptors (Lipinski definition) is 3. The van der Waals surface area contributed by atoms with Crippen molar-refractivity contribution < 1.29 is 9.90 Å². The van der Waals surface area contributed by atoms with E-state index in [-0.39, 0.29) is 5.54 Å². The standard InChI is InChI=1S/C16H22N2O2/c1-16(2)12-18(11-10-17(16)3)14-7-5-4-6-13(14)8-9-15(19)20/h4-9H,10-12H2,1-3H3,(H,19,20). The minimum Gasteiger partial charge on any atom is -0.478 e. The van der Waals surface area contributed by atoms with Crippen LogP contribution in [0.15, 0.2) is 30.3 Å². The first-order valence-corrected chi connectivity index (χ1v) is 6.86. The van der Waals surface area contributed by atoms with Crippen LogP contribution in [0.25, 0.3) is 6.08 Å². The number of benzene rings is 1. The fourth-order valence-corrected chi connectivity index (χ4v) is 2.52. The molecule has 20 heavy (non-hydrogen) atoms. The molecule has 1 saturated heterocycles. The molecule has 4 nitrogen and oxygen atoms in total. The highest BCUT2D eigenvalue weighted by atomic mass is 16.4. The van der Waals surface area contributed by atoms with Gasteiger partial charge in [-0.3, -0.25) is 4.90 Å². The van der Waals surface area contributed by atoms with Gasteiger partial charge in [-0.25, -0.2) is 4.79 Å². The van der Waals surface area contributed by atoms with E-state index in [0.717, 1.165) is 30.9 Å². The first-order chi connectivity index (χ1) is 9.40. The van der Waals surface area contributed by atoms with Gasteiger partial charge in [0.1, 0.15) is 0 Å². The van der Waals surface area contributed by atoms with Gasteiger partial charge in [0, 0.05) is 36.9 Å². The highest BCUT2D eigenvalue weighted by molar-refractivity contribution is 5.87. The maximum absolute atomic E-state index is 10.7. The second-order valence-electron chi connectivity index (χ2n) is 5.89. The zero-order chi connectivity index (χ0) is 14.8. The van der Waals surface area contributed by atoms with E-state index < -0.39 is 5.97 Å². The van der Waals surface area contributed by atoms with Crippen molar-refractivity contribution in [3.8, 4) is 0 Å². The average Bonchev–Trinajstić information content (AvgIpc) is 2.40. The van der Waals surface area contributed by atoms with E-state index in [1.807, 2.05) is 18.2 Å². The van der Waals surface area contributed by atoms with E-state index in [2.05, 4.69) is 36.8 Å². The summed E-state index contributed by atoms with van der Waals surface area (Å²) in [5, 5.41) is 8.79. The summed E-state index contributed by atoms with van der Waals surface area (Å²) in [7, 11) is 2.15. The van der Waals surface area contributed by atoms with Crippen molar-refractivity contribution in [2.75, 3.05) is 31.6 Å². The summed E-state index contributed by atoms with van der Waals surface area (Å²) in [6, 6.07) is 7.95. The number of anilines is 1. The van der Waals surface area contributed by atoms with E-state index in [4.69, 9.17) is 5.11 Å². The third kappa shape index (κ3) is 3.20. The highest BCUT2D eigenvalue weighted by Crippen LogP contribution is 2.27. The number of rotatable bonds is 3. The molecule has 2 rings (SSSR count). The molecule has 1 heterocycles. The summed E-state index contributed by atoms with van der Waals surface area (Å²) < 4.78 is 0. The lowest BCUT2D eigenvalue weighted by Crippen LogP contribution is -2.57. The molecular weight excluding hydrogens is 252 g/mol. The number of likely N-dealkylation sites (N-methyl/N-ethyl adjacent to an activating group) is 1. The van der Waals surface area contributed by atoms with Crippen LogP contribution in [0.2, 0.25) is 0 Å². The molecule has 0 atom stereocenters.